The first-order chi connectivity index (χ1) is 22.3. The maximum absolute atomic E-state index is 11.1. The van der Waals surface area contributed by atoms with Crippen molar-refractivity contribution < 1.29 is 23.2 Å². The average molecular weight is 733 g/mol. The van der Waals surface area contributed by atoms with Gasteiger partial charge in [0.1, 0.15) is 0 Å². The van der Waals surface area contributed by atoms with Crippen LogP contribution in [0.4, 0.5) is 0 Å². The van der Waals surface area contributed by atoms with Crippen LogP contribution in [0.2, 0.25) is 54.4 Å². The number of carbonyl (C=O) groups is 1. The zero-order valence-electron chi connectivity index (χ0n) is 34.4. The number of aliphatic carboxylic acids is 1. The highest BCUT2D eigenvalue weighted by molar-refractivity contribution is 6.75. The highest BCUT2D eigenvalue weighted by Gasteiger charge is 2.51. The number of rotatable bonds is 18. The van der Waals surface area contributed by atoms with Gasteiger partial charge in [-0.15, -0.1) is 0 Å². The van der Waals surface area contributed by atoms with Crippen molar-refractivity contribution in [2.75, 3.05) is 0 Å². The molecule has 1 aliphatic rings. The third kappa shape index (κ3) is 13.5. The number of carboxylic acids is 1. The van der Waals surface area contributed by atoms with Gasteiger partial charge in [-0.2, -0.15) is 0 Å². The normalized spacial score (nSPS) is 22.2. The summed E-state index contributed by atoms with van der Waals surface area (Å²) in [5.74, 6) is -0.00323. The van der Waals surface area contributed by atoms with E-state index in [0.717, 1.165) is 44.9 Å². The first-order valence-electron chi connectivity index (χ1n) is 19.2. The van der Waals surface area contributed by atoms with Crippen molar-refractivity contribution in [3.8, 4) is 0 Å². The predicted octanol–water partition coefficient (Wildman–Crippen LogP) is 12.4. The van der Waals surface area contributed by atoms with Crippen molar-refractivity contribution in [2.45, 2.75) is 193 Å². The molecule has 8 heteroatoms. The molecule has 0 aliphatic heterocycles. The topological polar surface area (TPSA) is 65.0 Å². The lowest BCUT2D eigenvalue weighted by molar-refractivity contribution is -0.137. The molecule has 0 aromatic heterocycles. The van der Waals surface area contributed by atoms with Crippen LogP contribution in [0, 0.1) is 11.8 Å². The number of hydrogen-bond acceptors (Lipinski definition) is 4. The molecule has 1 aliphatic carbocycles. The molecule has 282 valence electrons. The highest BCUT2D eigenvalue weighted by atomic mass is 28.4. The molecule has 0 heterocycles. The van der Waals surface area contributed by atoms with Gasteiger partial charge in [-0.25, -0.2) is 0 Å². The molecule has 1 N–H and O–H groups in total. The van der Waals surface area contributed by atoms with Crippen LogP contribution in [-0.4, -0.2) is 54.3 Å². The van der Waals surface area contributed by atoms with Crippen molar-refractivity contribution in [2.24, 2.45) is 11.8 Å². The van der Waals surface area contributed by atoms with Crippen LogP contribution in [0.25, 0.3) is 0 Å². The Morgan fingerprint density at radius 2 is 1.29 bits per heavy atom. The third-order valence-corrected chi connectivity index (χ3v) is 26.0. The standard InChI is InChI=1S/C41H76O5Si3/c1-39(2,3)47(10,11)44-33(28-27-32-23-19-18-20-24-32)29-30-35-34(25-21-16-17-22-26-38(42)43)36(45-48(12,13)40(4,5)6)31-37(35)46-49(14,15)41(7,8)9/h16,18-21,23-24,33-37H,17,22,25-31H2,1-15H3,(H,42,43)/t33-,34+,35+,36+,37+/m0/s1. The minimum absolute atomic E-state index is 0.123. The maximum Gasteiger partial charge on any atom is 0.303 e. The first-order valence-corrected chi connectivity index (χ1v) is 27.9. The highest BCUT2D eigenvalue weighted by Crippen LogP contribution is 2.49. The minimum Gasteiger partial charge on any atom is -0.481 e. The van der Waals surface area contributed by atoms with E-state index in [1.807, 2.05) is 0 Å². The monoisotopic (exact) mass is 733 g/mol. The Bertz CT molecular complexity index is 1170. The van der Waals surface area contributed by atoms with Crippen molar-refractivity contribution in [1.82, 2.24) is 0 Å². The number of benzene rings is 1. The van der Waals surface area contributed by atoms with Gasteiger partial charge in [-0.1, -0.05) is 105 Å². The van der Waals surface area contributed by atoms with Gasteiger partial charge in [0.05, 0.1) is 12.2 Å². The minimum atomic E-state index is -2.05. The summed E-state index contributed by atoms with van der Waals surface area (Å²) in [4.78, 5) is 11.1. The molecule has 0 saturated heterocycles. The van der Waals surface area contributed by atoms with E-state index in [0.29, 0.717) is 18.3 Å². The molecule has 0 unspecified atom stereocenters. The second-order valence-electron chi connectivity index (χ2n) is 19.5. The van der Waals surface area contributed by atoms with E-state index in [9.17, 15) is 4.79 Å². The Labute approximate surface area is 305 Å². The molecule has 1 aromatic carbocycles. The Kier molecular flexibility index (Phi) is 15.9. The molecule has 0 bridgehead atoms. The lowest BCUT2D eigenvalue weighted by Gasteiger charge is -2.41. The van der Waals surface area contributed by atoms with Crippen LogP contribution in [0.15, 0.2) is 42.5 Å². The number of allylic oxidation sites excluding steroid dienone is 2. The SMILES string of the molecule is CC(C)(C)[Si](C)(C)O[C@@H](CCc1ccccc1)CC[C@@H]1[C@@H](CC=CCCCC(=O)O)[C@H](O[Si](C)(C)C(C)(C)C)C[C@H]1O[Si](C)(C)C(C)(C)C. The Balaban J connectivity index is 2.49. The van der Waals surface area contributed by atoms with Gasteiger partial charge in [0.25, 0.3) is 0 Å². The molecule has 1 saturated carbocycles. The lowest BCUT2D eigenvalue weighted by atomic mass is 9.85. The average Bonchev–Trinajstić information content (AvgIpc) is 3.24. The largest absolute Gasteiger partial charge is 0.481 e. The summed E-state index contributed by atoms with van der Waals surface area (Å²) in [5, 5.41) is 9.53. The Morgan fingerprint density at radius 1 is 0.776 bits per heavy atom. The van der Waals surface area contributed by atoms with Crippen molar-refractivity contribution >= 4 is 30.9 Å². The summed E-state index contributed by atoms with van der Waals surface area (Å²) >= 11 is 0. The maximum atomic E-state index is 11.1. The van der Waals surface area contributed by atoms with Gasteiger partial charge in [0.15, 0.2) is 25.0 Å². The molecule has 49 heavy (non-hydrogen) atoms. The summed E-state index contributed by atoms with van der Waals surface area (Å²) in [6.07, 6.45) is 12.7. The van der Waals surface area contributed by atoms with Gasteiger partial charge in [0, 0.05) is 12.5 Å². The summed E-state index contributed by atoms with van der Waals surface area (Å²) < 4.78 is 21.9. The second kappa shape index (κ2) is 17.7. The zero-order chi connectivity index (χ0) is 37.5. The molecular weight excluding hydrogens is 657 g/mol. The van der Waals surface area contributed by atoms with Crippen LogP contribution in [0.1, 0.15) is 119 Å². The molecule has 2 rings (SSSR count). The smallest absolute Gasteiger partial charge is 0.303 e. The van der Waals surface area contributed by atoms with Crippen LogP contribution in [0.5, 0.6) is 0 Å². The van der Waals surface area contributed by atoms with E-state index in [2.05, 4.69) is 144 Å². The number of hydrogen-bond donors (Lipinski definition) is 1. The summed E-state index contributed by atoms with van der Waals surface area (Å²) in [6.45, 7) is 35.4. The fourth-order valence-electron chi connectivity index (χ4n) is 6.19. The van der Waals surface area contributed by atoms with E-state index < -0.39 is 30.9 Å². The van der Waals surface area contributed by atoms with Crippen LogP contribution >= 0.6 is 0 Å². The molecular formula is C41H76O5Si3. The van der Waals surface area contributed by atoms with Crippen LogP contribution < -0.4 is 0 Å². The second-order valence-corrected chi connectivity index (χ2v) is 33.8. The fourth-order valence-corrected chi connectivity index (χ4v) is 10.4. The van der Waals surface area contributed by atoms with Gasteiger partial charge < -0.3 is 18.4 Å². The molecule has 1 fully saturated rings. The fraction of sp³-hybridized carbons (Fsp3) is 0.780. The molecule has 5 nitrogen and oxygen atoms in total. The molecule has 5 atom stereocenters. The van der Waals surface area contributed by atoms with E-state index in [-0.39, 0.29) is 39.8 Å². The van der Waals surface area contributed by atoms with Gasteiger partial charge >= 0.3 is 5.97 Å². The molecule has 0 radical (unpaired) electrons. The Morgan fingerprint density at radius 3 is 1.78 bits per heavy atom. The molecule has 0 amide bonds. The van der Waals surface area contributed by atoms with Crippen LogP contribution in [0.3, 0.4) is 0 Å². The molecule has 0 spiro atoms. The van der Waals surface area contributed by atoms with Crippen molar-refractivity contribution in [3.63, 3.8) is 0 Å². The van der Waals surface area contributed by atoms with E-state index >= 15 is 0 Å². The van der Waals surface area contributed by atoms with E-state index in [1.54, 1.807) is 0 Å². The van der Waals surface area contributed by atoms with Gasteiger partial charge in [-0.05, 0) is 123 Å². The van der Waals surface area contributed by atoms with Crippen LogP contribution in [-0.2, 0) is 24.5 Å². The number of carboxylic acid groups (broad SMARTS) is 1. The third-order valence-electron chi connectivity index (χ3n) is 12.5. The molecule has 1 aromatic rings. The Hall–Kier alpha value is -1.04. The van der Waals surface area contributed by atoms with E-state index in [1.165, 1.54) is 5.56 Å². The van der Waals surface area contributed by atoms with Gasteiger partial charge in [-0.3, -0.25) is 4.79 Å². The van der Waals surface area contributed by atoms with E-state index in [4.69, 9.17) is 18.4 Å². The van der Waals surface area contributed by atoms with Crippen molar-refractivity contribution in [3.05, 3.63) is 48.0 Å². The number of aryl methyl sites for hydroxylation is 1. The van der Waals surface area contributed by atoms with Gasteiger partial charge in [0.2, 0.25) is 0 Å². The summed E-state index contributed by atoms with van der Waals surface area (Å²) in [7, 11) is -6.07. The quantitative estimate of drug-likeness (QED) is 0.0925. The summed E-state index contributed by atoms with van der Waals surface area (Å²) in [5.41, 5.74) is 1.38. The lowest BCUT2D eigenvalue weighted by Crippen LogP contribution is -2.45. The summed E-state index contributed by atoms with van der Waals surface area (Å²) in [6, 6.07) is 10.9. The zero-order valence-corrected chi connectivity index (χ0v) is 37.4. The number of unbranched alkanes of at least 4 members (excludes halogenated alkanes) is 1. The first kappa shape index (κ1) is 44.1. The van der Waals surface area contributed by atoms with Crippen molar-refractivity contribution in [1.29, 1.82) is 0 Å². The predicted molar refractivity (Wildman–Crippen MR) is 217 cm³/mol.